The van der Waals surface area contributed by atoms with Crippen molar-refractivity contribution in [2.75, 3.05) is 11.4 Å². The Morgan fingerprint density at radius 3 is 2.65 bits per heavy atom. The van der Waals surface area contributed by atoms with Crippen molar-refractivity contribution in [3.05, 3.63) is 18.1 Å². The van der Waals surface area contributed by atoms with Crippen molar-refractivity contribution < 1.29 is 0 Å². The molecule has 1 saturated carbocycles. The molecule has 3 rings (SSSR count). The lowest BCUT2D eigenvalue weighted by Gasteiger charge is -2.26. The zero-order valence-corrected chi connectivity index (χ0v) is 12.0. The highest BCUT2D eigenvalue weighted by atomic mass is 15.2. The third-order valence-electron chi connectivity index (χ3n) is 4.81. The summed E-state index contributed by atoms with van der Waals surface area (Å²) in [5, 5.41) is 8.79. The first-order valence-electron chi connectivity index (χ1n) is 7.85. The van der Waals surface area contributed by atoms with Gasteiger partial charge in [0.2, 0.25) is 0 Å². The van der Waals surface area contributed by atoms with Gasteiger partial charge in [-0.3, -0.25) is 0 Å². The fourth-order valence-corrected chi connectivity index (χ4v) is 3.69. The number of hydrogen-bond acceptors (Lipinski definition) is 4. The lowest BCUT2D eigenvalue weighted by atomic mass is 9.97. The maximum absolute atomic E-state index is 8.79. The molecule has 4 nitrogen and oxygen atoms in total. The number of anilines is 1. The topological polar surface area (TPSA) is 52.8 Å². The van der Waals surface area contributed by atoms with Crippen molar-refractivity contribution in [1.82, 2.24) is 9.97 Å². The van der Waals surface area contributed by atoms with Crippen LogP contribution in [0.1, 0.15) is 57.1 Å². The molecule has 0 bridgehead atoms. The molecule has 0 amide bonds. The van der Waals surface area contributed by atoms with Crippen molar-refractivity contribution >= 4 is 5.82 Å². The zero-order chi connectivity index (χ0) is 13.8. The van der Waals surface area contributed by atoms with Crippen molar-refractivity contribution in [3.8, 4) is 6.07 Å². The highest BCUT2D eigenvalue weighted by molar-refractivity contribution is 5.39. The molecular weight excluding hydrogens is 248 g/mol. The average Bonchev–Trinajstić information content (AvgIpc) is 3.16. The molecule has 0 spiro atoms. The number of aromatic nitrogens is 2. The lowest BCUT2D eigenvalue weighted by Crippen LogP contribution is -2.30. The monoisotopic (exact) mass is 270 g/mol. The molecule has 1 aromatic heterocycles. The molecule has 1 aliphatic heterocycles. The van der Waals surface area contributed by atoms with Crippen molar-refractivity contribution in [2.24, 2.45) is 5.92 Å². The number of rotatable bonds is 4. The Bertz CT molecular complexity index is 470. The third-order valence-corrected chi connectivity index (χ3v) is 4.81. The van der Waals surface area contributed by atoms with Gasteiger partial charge in [0.25, 0.3) is 0 Å². The van der Waals surface area contributed by atoms with Gasteiger partial charge in [0.15, 0.2) is 5.69 Å². The summed E-state index contributed by atoms with van der Waals surface area (Å²) < 4.78 is 0. The lowest BCUT2D eigenvalue weighted by molar-refractivity contribution is 0.447. The minimum absolute atomic E-state index is 0.399. The fourth-order valence-electron chi connectivity index (χ4n) is 3.69. The summed E-state index contributed by atoms with van der Waals surface area (Å²) in [4.78, 5) is 10.9. The Labute approximate surface area is 120 Å². The van der Waals surface area contributed by atoms with E-state index in [9.17, 15) is 0 Å². The van der Waals surface area contributed by atoms with E-state index in [1.807, 2.05) is 6.07 Å². The molecule has 2 aliphatic rings. The van der Waals surface area contributed by atoms with Gasteiger partial charge in [-0.1, -0.05) is 25.7 Å². The second kappa shape index (κ2) is 6.21. The second-order valence-corrected chi connectivity index (χ2v) is 6.09. The summed E-state index contributed by atoms with van der Waals surface area (Å²) in [5.41, 5.74) is 0.399. The van der Waals surface area contributed by atoms with Crippen LogP contribution >= 0.6 is 0 Å². The molecule has 0 radical (unpaired) electrons. The first-order valence-corrected chi connectivity index (χ1v) is 7.85. The van der Waals surface area contributed by atoms with Gasteiger partial charge in [-0.15, -0.1) is 0 Å². The quantitative estimate of drug-likeness (QED) is 0.842. The largest absolute Gasteiger partial charge is 0.352 e. The average molecular weight is 270 g/mol. The number of hydrogen-bond donors (Lipinski definition) is 0. The highest BCUT2D eigenvalue weighted by Crippen LogP contribution is 2.32. The molecule has 1 atom stereocenters. The van der Waals surface area contributed by atoms with Crippen molar-refractivity contribution in [2.45, 2.75) is 57.4 Å². The van der Waals surface area contributed by atoms with E-state index in [2.05, 4.69) is 14.9 Å². The molecule has 20 heavy (non-hydrogen) atoms. The summed E-state index contributed by atoms with van der Waals surface area (Å²) in [5.74, 6) is 1.91. The van der Waals surface area contributed by atoms with Gasteiger partial charge in [0.05, 0.1) is 12.4 Å². The standard InChI is InChI=1S/C16H22N4/c17-10-14-11-19-16(12-18-14)20-9-3-6-15(20)8-7-13-4-1-2-5-13/h11-13,15H,1-9H2/t15-/m1/s1. The molecule has 2 heterocycles. The van der Waals surface area contributed by atoms with Gasteiger partial charge in [0, 0.05) is 12.6 Å². The number of nitrogens with zero attached hydrogens (tertiary/aromatic N) is 4. The van der Waals surface area contributed by atoms with Crippen LogP contribution in [0.15, 0.2) is 12.4 Å². The van der Waals surface area contributed by atoms with Crippen LogP contribution in [0.5, 0.6) is 0 Å². The van der Waals surface area contributed by atoms with Gasteiger partial charge in [-0.2, -0.15) is 5.26 Å². The maximum atomic E-state index is 8.79. The summed E-state index contributed by atoms with van der Waals surface area (Å²) in [7, 11) is 0. The van der Waals surface area contributed by atoms with Gasteiger partial charge in [-0.25, -0.2) is 9.97 Å². The van der Waals surface area contributed by atoms with E-state index in [0.29, 0.717) is 11.7 Å². The summed E-state index contributed by atoms with van der Waals surface area (Å²) in [6, 6.07) is 2.65. The summed E-state index contributed by atoms with van der Waals surface area (Å²) in [6.07, 6.45) is 14.2. The Morgan fingerprint density at radius 2 is 1.95 bits per heavy atom. The molecule has 0 unspecified atom stereocenters. The third kappa shape index (κ3) is 2.92. The van der Waals surface area contributed by atoms with Crippen LogP contribution in [0.2, 0.25) is 0 Å². The van der Waals surface area contributed by atoms with Crippen molar-refractivity contribution in [1.29, 1.82) is 5.26 Å². The van der Waals surface area contributed by atoms with Crippen molar-refractivity contribution in [3.63, 3.8) is 0 Å². The summed E-state index contributed by atoms with van der Waals surface area (Å²) >= 11 is 0. The van der Waals surface area contributed by atoms with E-state index in [-0.39, 0.29) is 0 Å². The molecule has 1 aliphatic carbocycles. The van der Waals surface area contributed by atoms with Crippen LogP contribution in [0.25, 0.3) is 0 Å². The van der Waals surface area contributed by atoms with Gasteiger partial charge in [-0.05, 0) is 31.6 Å². The molecule has 106 valence electrons. The predicted octanol–water partition coefficient (Wildman–Crippen LogP) is 3.29. The Hall–Kier alpha value is -1.63. The molecule has 1 aromatic rings. The molecule has 1 saturated heterocycles. The molecule has 0 aromatic carbocycles. The molecule has 0 N–H and O–H groups in total. The Balaban J connectivity index is 1.60. The van der Waals surface area contributed by atoms with E-state index >= 15 is 0 Å². The van der Waals surface area contributed by atoms with Crippen LogP contribution in [0.4, 0.5) is 5.82 Å². The first-order chi connectivity index (χ1) is 9.86. The first kappa shape index (κ1) is 13.4. The minimum Gasteiger partial charge on any atom is -0.352 e. The molecular formula is C16H22N4. The van der Waals surface area contributed by atoms with Crippen LogP contribution in [0, 0.1) is 17.2 Å². The van der Waals surface area contributed by atoms with Gasteiger partial charge < -0.3 is 4.90 Å². The smallest absolute Gasteiger partial charge is 0.158 e. The maximum Gasteiger partial charge on any atom is 0.158 e. The minimum atomic E-state index is 0.399. The SMILES string of the molecule is N#Cc1cnc(N2CCC[C@@H]2CCC2CCCC2)cn1. The van der Waals surface area contributed by atoms with Gasteiger partial charge >= 0.3 is 0 Å². The van der Waals surface area contributed by atoms with Gasteiger partial charge in [0.1, 0.15) is 11.9 Å². The number of nitriles is 1. The normalized spacial score (nSPS) is 23.1. The van der Waals surface area contributed by atoms with E-state index in [4.69, 9.17) is 5.26 Å². The van der Waals surface area contributed by atoms with E-state index in [1.165, 1.54) is 51.4 Å². The predicted molar refractivity (Wildman–Crippen MR) is 78.3 cm³/mol. The Kier molecular flexibility index (Phi) is 4.15. The van der Waals surface area contributed by atoms with Crippen LogP contribution in [-0.4, -0.2) is 22.6 Å². The molecule has 2 fully saturated rings. The van der Waals surface area contributed by atoms with E-state index in [1.54, 1.807) is 12.4 Å². The summed E-state index contributed by atoms with van der Waals surface area (Å²) in [6.45, 7) is 1.08. The second-order valence-electron chi connectivity index (χ2n) is 6.09. The van der Waals surface area contributed by atoms with E-state index < -0.39 is 0 Å². The van der Waals surface area contributed by atoms with Crippen LogP contribution in [0.3, 0.4) is 0 Å². The highest BCUT2D eigenvalue weighted by Gasteiger charge is 2.27. The zero-order valence-electron chi connectivity index (χ0n) is 12.0. The van der Waals surface area contributed by atoms with E-state index in [0.717, 1.165) is 18.3 Å². The Morgan fingerprint density at radius 1 is 1.10 bits per heavy atom. The molecule has 4 heteroatoms. The van der Waals surface area contributed by atoms with Crippen LogP contribution < -0.4 is 4.90 Å². The fraction of sp³-hybridized carbons (Fsp3) is 0.688. The van der Waals surface area contributed by atoms with Crippen LogP contribution in [-0.2, 0) is 0 Å².